The molecule has 0 amide bonds. The Bertz CT molecular complexity index is 1230. The second kappa shape index (κ2) is 8.43. The zero-order valence-electron chi connectivity index (χ0n) is 19.4. The Hall–Kier alpha value is -2.97. The van der Waals surface area contributed by atoms with Gasteiger partial charge in [-0.2, -0.15) is 0 Å². The van der Waals surface area contributed by atoms with E-state index >= 15 is 0 Å². The smallest absolute Gasteiger partial charge is 0.176 e. The number of nitrogens with zero attached hydrogens (tertiary/aromatic N) is 7. The summed E-state index contributed by atoms with van der Waals surface area (Å²) in [6.07, 6.45) is 1.86. The summed E-state index contributed by atoms with van der Waals surface area (Å²) in [4.78, 5) is 9.19. The largest absolute Gasteiger partial charge is 0.459 e. The molecule has 0 aliphatic carbocycles. The lowest BCUT2D eigenvalue weighted by Gasteiger charge is -2.39. The van der Waals surface area contributed by atoms with Gasteiger partial charge in [0.1, 0.15) is 23.2 Å². The number of aryl methyl sites for hydroxylation is 1. The van der Waals surface area contributed by atoms with Gasteiger partial charge in [0.05, 0.1) is 10.6 Å². The van der Waals surface area contributed by atoms with Gasteiger partial charge in [0.15, 0.2) is 5.82 Å². The lowest BCUT2D eigenvalue weighted by Crippen LogP contribution is -2.49. The van der Waals surface area contributed by atoms with Crippen LogP contribution in [0.5, 0.6) is 0 Å². The molecule has 0 spiro atoms. The van der Waals surface area contributed by atoms with Crippen LogP contribution in [0.4, 0.5) is 5.82 Å². The van der Waals surface area contributed by atoms with Crippen molar-refractivity contribution in [3.8, 4) is 0 Å². The summed E-state index contributed by atoms with van der Waals surface area (Å²) < 4.78 is 8.22. The van der Waals surface area contributed by atoms with Crippen LogP contribution in [0.25, 0.3) is 11.0 Å². The number of hydrogen-bond donors (Lipinski definition) is 0. The van der Waals surface area contributed by atoms with Crippen molar-refractivity contribution in [3.63, 3.8) is 0 Å². The molecule has 1 aliphatic heterocycles. The molecule has 1 unspecified atom stereocenters. The second-order valence-electron chi connectivity index (χ2n) is 9.55. The molecule has 9 heteroatoms. The first-order valence-corrected chi connectivity index (χ1v) is 11.6. The van der Waals surface area contributed by atoms with Gasteiger partial charge in [0.2, 0.25) is 0 Å². The maximum atomic E-state index is 6.49. The molecule has 0 bridgehead atoms. The van der Waals surface area contributed by atoms with E-state index in [0.717, 1.165) is 60.1 Å². The number of hydrogen-bond acceptors (Lipinski definition) is 7. The van der Waals surface area contributed by atoms with E-state index in [2.05, 4.69) is 63.2 Å². The Morgan fingerprint density at radius 3 is 2.52 bits per heavy atom. The van der Waals surface area contributed by atoms with Crippen molar-refractivity contribution >= 4 is 28.4 Å². The number of piperazine rings is 1. The third kappa shape index (κ3) is 4.20. The molecule has 1 saturated heterocycles. The first-order chi connectivity index (χ1) is 15.8. The third-order valence-electron chi connectivity index (χ3n) is 6.03. The minimum atomic E-state index is -0.260. The van der Waals surface area contributed by atoms with Crippen molar-refractivity contribution in [1.82, 2.24) is 30.1 Å². The van der Waals surface area contributed by atoms with Gasteiger partial charge in [-0.3, -0.25) is 4.90 Å². The monoisotopic (exact) mass is 465 g/mol. The molecule has 8 nitrogen and oxygen atoms in total. The molecule has 1 fully saturated rings. The summed E-state index contributed by atoms with van der Waals surface area (Å²) in [5, 5.41) is 14.6. The molecule has 1 aliphatic rings. The van der Waals surface area contributed by atoms with Gasteiger partial charge in [0.25, 0.3) is 0 Å². The maximum absolute atomic E-state index is 6.49. The number of halogens is 1. The summed E-state index contributed by atoms with van der Waals surface area (Å²) in [5.74, 6) is 2.46. The summed E-state index contributed by atoms with van der Waals surface area (Å²) >= 11 is 6.49. The molecule has 1 atom stereocenters. The Morgan fingerprint density at radius 2 is 1.82 bits per heavy atom. The average Bonchev–Trinajstić information content (AvgIpc) is 3.42. The van der Waals surface area contributed by atoms with E-state index in [0.29, 0.717) is 5.02 Å². The Labute approximate surface area is 198 Å². The fourth-order valence-electron chi connectivity index (χ4n) is 4.40. The number of benzene rings is 1. The normalized spacial score (nSPS) is 16.5. The van der Waals surface area contributed by atoms with Crippen LogP contribution in [0.3, 0.4) is 0 Å². The number of furan rings is 1. The molecular weight excluding hydrogens is 438 g/mol. The quantitative estimate of drug-likeness (QED) is 0.441. The van der Waals surface area contributed by atoms with Crippen LogP contribution in [0.2, 0.25) is 5.02 Å². The van der Waals surface area contributed by atoms with E-state index in [4.69, 9.17) is 16.0 Å². The maximum Gasteiger partial charge on any atom is 0.176 e. The van der Waals surface area contributed by atoms with E-state index in [9.17, 15) is 0 Å². The van der Waals surface area contributed by atoms with Crippen LogP contribution in [-0.2, 0) is 5.54 Å². The number of pyridine rings is 1. The van der Waals surface area contributed by atoms with Crippen molar-refractivity contribution in [2.45, 2.75) is 39.3 Å². The first-order valence-electron chi connectivity index (χ1n) is 11.2. The van der Waals surface area contributed by atoms with Crippen LogP contribution < -0.4 is 4.90 Å². The number of fused-ring (bicyclic) bond motifs is 1. The fraction of sp³-hybridized carbons (Fsp3) is 0.417. The van der Waals surface area contributed by atoms with Crippen molar-refractivity contribution in [1.29, 1.82) is 0 Å². The molecule has 0 N–H and O–H groups in total. The Balaban J connectivity index is 1.49. The van der Waals surface area contributed by atoms with Crippen molar-refractivity contribution < 1.29 is 4.42 Å². The predicted molar refractivity (Wildman–Crippen MR) is 129 cm³/mol. The molecule has 5 rings (SSSR count). The van der Waals surface area contributed by atoms with Crippen molar-refractivity contribution in [2.75, 3.05) is 31.1 Å². The molecule has 3 aromatic heterocycles. The van der Waals surface area contributed by atoms with Gasteiger partial charge in [-0.25, -0.2) is 9.67 Å². The zero-order valence-corrected chi connectivity index (χ0v) is 20.1. The molecule has 172 valence electrons. The number of anilines is 1. The zero-order chi connectivity index (χ0) is 23.2. The highest BCUT2D eigenvalue weighted by molar-refractivity contribution is 6.33. The third-order valence-corrected chi connectivity index (χ3v) is 6.30. The molecule has 0 radical (unpaired) electrons. The lowest BCUT2D eigenvalue weighted by atomic mass is 10.1. The van der Waals surface area contributed by atoms with E-state index in [1.807, 2.05) is 42.1 Å². The molecule has 4 aromatic rings. The summed E-state index contributed by atoms with van der Waals surface area (Å²) in [6, 6.07) is 11.9. The number of rotatable bonds is 4. The van der Waals surface area contributed by atoms with Crippen LogP contribution in [0.1, 0.15) is 44.0 Å². The minimum absolute atomic E-state index is 0.199. The molecule has 1 aromatic carbocycles. The molecule has 33 heavy (non-hydrogen) atoms. The van der Waals surface area contributed by atoms with E-state index < -0.39 is 0 Å². The standard InChI is InChI=1S/C24H28ClN7O/c1-16-13-18(25)22(26-15-16)31-11-9-30(10-12-31)21(23-27-28-29-32(23)24(2,3)4)20-14-17-7-5-6-8-19(17)33-20/h5-8,13-15,21H,9-12H2,1-4H3. The van der Waals surface area contributed by atoms with Crippen LogP contribution in [0, 0.1) is 6.92 Å². The SMILES string of the molecule is Cc1cnc(N2CCN(C(c3cc4ccccc4o3)c3nnnn3C(C)(C)C)CC2)c(Cl)c1. The van der Waals surface area contributed by atoms with E-state index in [1.165, 1.54) is 0 Å². The number of para-hydroxylation sites is 1. The fourth-order valence-corrected chi connectivity index (χ4v) is 4.74. The average molecular weight is 466 g/mol. The highest BCUT2D eigenvalue weighted by atomic mass is 35.5. The van der Waals surface area contributed by atoms with Crippen LogP contribution in [-0.4, -0.2) is 56.3 Å². The van der Waals surface area contributed by atoms with Gasteiger partial charge in [-0.15, -0.1) is 5.10 Å². The summed E-state index contributed by atoms with van der Waals surface area (Å²) in [7, 11) is 0. The van der Waals surface area contributed by atoms with Gasteiger partial charge in [-0.05, 0) is 61.9 Å². The van der Waals surface area contributed by atoms with Gasteiger partial charge in [-0.1, -0.05) is 29.8 Å². The van der Waals surface area contributed by atoms with Crippen molar-refractivity contribution in [3.05, 3.63) is 64.8 Å². The molecule has 4 heterocycles. The highest BCUT2D eigenvalue weighted by Gasteiger charge is 2.35. The highest BCUT2D eigenvalue weighted by Crippen LogP contribution is 2.35. The minimum Gasteiger partial charge on any atom is -0.459 e. The second-order valence-corrected chi connectivity index (χ2v) is 9.96. The van der Waals surface area contributed by atoms with Gasteiger partial charge in [0, 0.05) is 37.8 Å². The molecular formula is C24H28ClN7O. The van der Waals surface area contributed by atoms with E-state index in [-0.39, 0.29) is 11.6 Å². The predicted octanol–water partition coefficient (Wildman–Crippen LogP) is 4.44. The van der Waals surface area contributed by atoms with Gasteiger partial charge < -0.3 is 9.32 Å². The van der Waals surface area contributed by atoms with Gasteiger partial charge >= 0.3 is 0 Å². The van der Waals surface area contributed by atoms with Crippen molar-refractivity contribution in [2.24, 2.45) is 0 Å². The Kier molecular flexibility index (Phi) is 5.58. The topological polar surface area (TPSA) is 76.1 Å². The lowest BCUT2D eigenvalue weighted by molar-refractivity contribution is 0.174. The first kappa shape index (κ1) is 21.9. The molecule has 0 saturated carbocycles. The summed E-state index contributed by atoms with van der Waals surface area (Å²) in [6.45, 7) is 11.5. The number of aromatic nitrogens is 5. The number of tetrazole rings is 1. The summed E-state index contributed by atoms with van der Waals surface area (Å²) in [5.41, 5.74) is 1.66. The van der Waals surface area contributed by atoms with Crippen LogP contribution >= 0.6 is 11.6 Å². The van der Waals surface area contributed by atoms with Crippen LogP contribution in [0.15, 0.2) is 47.0 Å². The Morgan fingerprint density at radius 1 is 1.06 bits per heavy atom. The van der Waals surface area contributed by atoms with E-state index in [1.54, 1.807) is 0 Å².